The second kappa shape index (κ2) is 5.22. The van der Waals surface area contributed by atoms with E-state index in [1.54, 1.807) is 10.8 Å². The molecule has 2 aromatic rings. The zero-order valence-corrected chi connectivity index (χ0v) is 10.7. The molecule has 0 atom stereocenters. The van der Waals surface area contributed by atoms with Gasteiger partial charge in [-0.1, -0.05) is 18.7 Å². The molecule has 2 rings (SSSR count). The molecule has 92 valence electrons. The Morgan fingerprint density at radius 1 is 1.53 bits per heavy atom. The van der Waals surface area contributed by atoms with Gasteiger partial charge in [0, 0.05) is 26.0 Å². The summed E-state index contributed by atoms with van der Waals surface area (Å²) in [6.07, 6.45) is 4.58. The molecule has 0 bridgehead atoms. The highest BCUT2D eigenvalue weighted by Gasteiger charge is 2.09. The molecule has 0 aliphatic carbocycles. The highest BCUT2D eigenvalue weighted by molar-refractivity contribution is 7.98. The number of aromatic amines is 1. The topological polar surface area (TPSA) is 68.5 Å². The molecular weight excluding hydrogens is 238 g/mol. The Morgan fingerprint density at radius 3 is 3.00 bits per heavy atom. The SMILES string of the molecule is CCCn1c(SCc2nccn2C)n[nH]c1=O. The van der Waals surface area contributed by atoms with Gasteiger partial charge in [0.1, 0.15) is 5.82 Å². The van der Waals surface area contributed by atoms with Crippen LogP contribution >= 0.6 is 11.8 Å². The average molecular weight is 253 g/mol. The summed E-state index contributed by atoms with van der Waals surface area (Å²) in [5, 5.41) is 7.21. The monoisotopic (exact) mass is 253 g/mol. The first-order chi connectivity index (χ1) is 8.22. The van der Waals surface area contributed by atoms with E-state index in [-0.39, 0.29) is 5.69 Å². The van der Waals surface area contributed by atoms with Crippen molar-refractivity contribution in [1.82, 2.24) is 24.3 Å². The van der Waals surface area contributed by atoms with Gasteiger partial charge < -0.3 is 4.57 Å². The van der Waals surface area contributed by atoms with Crippen LogP contribution in [0.5, 0.6) is 0 Å². The van der Waals surface area contributed by atoms with Gasteiger partial charge in [0.05, 0.1) is 5.75 Å². The van der Waals surface area contributed by atoms with E-state index in [1.807, 2.05) is 24.7 Å². The van der Waals surface area contributed by atoms with Crippen molar-refractivity contribution in [2.45, 2.75) is 30.8 Å². The third-order valence-electron chi connectivity index (χ3n) is 2.42. The number of hydrogen-bond acceptors (Lipinski definition) is 4. The fourth-order valence-electron chi connectivity index (χ4n) is 1.50. The zero-order chi connectivity index (χ0) is 12.3. The van der Waals surface area contributed by atoms with Crippen molar-refractivity contribution in [2.75, 3.05) is 0 Å². The summed E-state index contributed by atoms with van der Waals surface area (Å²) in [4.78, 5) is 15.7. The standard InChI is InChI=1S/C10H15N5OS/c1-3-5-15-9(16)12-13-10(15)17-7-8-11-4-6-14(8)2/h4,6H,3,5,7H2,1-2H3,(H,12,16). The number of thioether (sulfide) groups is 1. The van der Waals surface area contributed by atoms with Crippen LogP contribution < -0.4 is 5.69 Å². The van der Waals surface area contributed by atoms with E-state index in [1.165, 1.54) is 11.8 Å². The van der Waals surface area contributed by atoms with Crippen molar-refractivity contribution in [1.29, 1.82) is 0 Å². The minimum absolute atomic E-state index is 0.144. The summed E-state index contributed by atoms with van der Waals surface area (Å²) in [5.41, 5.74) is -0.144. The smallest absolute Gasteiger partial charge is 0.337 e. The Kier molecular flexibility index (Phi) is 3.68. The predicted octanol–water partition coefficient (Wildman–Crippen LogP) is 1.01. The third kappa shape index (κ3) is 2.60. The lowest BCUT2D eigenvalue weighted by atomic mass is 10.5. The molecule has 0 aromatic carbocycles. The van der Waals surface area contributed by atoms with Crippen LogP contribution in [-0.4, -0.2) is 24.3 Å². The van der Waals surface area contributed by atoms with Crippen molar-refractivity contribution >= 4 is 11.8 Å². The van der Waals surface area contributed by atoms with Crippen LogP contribution in [0.4, 0.5) is 0 Å². The van der Waals surface area contributed by atoms with E-state index in [0.717, 1.165) is 17.4 Å². The molecule has 0 aliphatic heterocycles. The van der Waals surface area contributed by atoms with Gasteiger partial charge in [-0.05, 0) is 6.42 Å². The average Bonchev–Trinajstić information content (AvgIpc) is 2.86. The molecule has 1 N–H and O–H groups in total. The van der Waals surface area contributed by atoms with Crippen LogP contribution in [0.15, 0.2) is 22.3 Å². The van der Waals surface area contributed by atoms with Gasteiger partial charge in [-0.25, -0.2) is 14.9 Å². The van der Waals surface area contributed by atoms with E-state index in [2.05, 4.69) is 15.2 Å². The van der Waals surface area contributed by atoms with E-state index < -0.39 is 0 Å². The molecule has 0 saturated carbocycles. The number of imidazole rings is 1. The molecule has 2 aromatic heterocycles. The molecule has 0 unspecified atom stereocenters. The molecule has 0 aliphatic rings. The number of aromatic nitrogens is 5. The Hall–Kier alpha value is -1.50. The van der Waals surface area contributed by atoms with Crippen LogP contribution in [0.1, 0.15) is 19.2 Å². The Bertz CT molecular complexity index is 541. The summed E-state index contributed by atoms with van der Waals surface area (Å²) in [6.45, 7) is 2.73. The molecule has 0 amide bonds. The Balaban J connectivity index is 2.09. The van der Waals surface area contributed by atoms with Gasteiger partial charge in [0.15, 0.2) is 5.16 Å². The van der Waals surface area contributed by atoms with Crippen LogP contribution in [-0.2, 0) is 19.3 Å². The maximum Gasteiger partial charge on any atom is 0.343 e. The lowest BCUT2D eigenvalue weighted by Gasteiger charge is -2.03. The first-order valence-corrected chi connectivity index (χ1v) is 6.45. The number of nitrogens with one attached hydrogen (secondary N) is 1. The third-order valence-corrected chi connectivity index (χ3v) is 3.39. The van der Waals surface area contributed by atoms with E-state index >= 15 is 0 Å². The molecule has 0 fully saturated rings. The summed E-state index contributed by atoms with van der Waals surface area (Å²) in [7, 11) is 1.95. The van der Waals surface area contributed by atoms with Crippen molar-refractivity contribution in [3.8, 4) is 0 Å². The molecule has 17 heavy (non-hydrogen) atoms. The minimum Gasteiger partial charge on any atom is -0.337 e. The molecule has 6 nitrogen and oxygen atoms in total. The van der Waals surface area contributed by atoms with Crippen molar-refractivity contribution in [3.63, 3.8) is 0 Å². The van der Waals surface area contributed by atoms with Gasteiger partial charge in [0.25, 0.3) is 0 Å². The molecular formula is C10H15N5OS. The summed E-state index contributed by atoms with van der Waals surface area (Å²) in [6, 6.07) is 0. The number of H-pyrrole nitrogens is 1. The highest BCUT2D eigenvalue weighted by atomic mass is 32.2. The van der Waals surface area contributed by atoms with Crippen LogP contribution in [0.25, 0.3) is 0 Å². The van der Waals surface area contributed by atoms with Crippen molar-refractivity contribution in [2.24, 2.45) is 7.05 Å². The molecule has 2 heterocycles. The lowest BCUT2D eigenvalue weighted by Crippen LogP contribution is -2.17. The van der Waals surface area contributed by atoms with Crippen LogP contribution in [0.3, 0.4) is 0 Å². The fourth-order valence-corrected chi connectivity index (χ4v) is 2.48. The summed E-state index contributed by atoms with van der Waals surface area (Å²) >= 11 is 1.52. The van der Waals surface area contributed by atoms with Crippen molar-refractivity contribution in [3.05, 3.63) is 28.7 Å². The maximum atomic E-state index is 11.5. The van der Waals surface area contributed by atoms with Crippen LogP contribution in [0.2, 0.25) is 0 Å². The first-order valence-electron chi connectivity index (χ1n) is 5.46. The lowest BCUT2D eigenvalue weighted by molar-refractivity contribution is 0.603. The Morgan fingerprint density at radius 2 is 2.35 bits per heavy atom. The van der Waals surface area contributed by atoms with E-state index in [4.69, 9.17) is 0 Å². The van der Waals surface area contributed by atoms with Crippen molar-refractivity contribution < 1.29 is 0 Å². The quantitative estimate of drug-likeness (QED) is 0.807. The normalized spacial score (nSPS) is 10.9. The molecule has 0 radical (unpaired) electrons. The minimum atomic E-state index is -0.144. The van der Waals surface area contributed by atoms with E-state index in [9.17, 15) is 4.79 Å². The number of aryl methyl sites for hydroxylation is 1. The molecule has 0 spiro atoms. The largest absolute Gasteiger partial charge is 0.343 e. The zero-order valence-electron chi connectivity index (χ0n) is 9.88. The number of hydrogen-bond donors (Lipinski definition) is 1. The van der Waals surface area contributed by atoms with Gasteiger partial charge in [-0.3, -0.25) is 4.57 Å². The molecule has 7 heteroatoms. The van der Waals surface area contributed by atoms with E-state index in [0.29, 0.717) is 12.3 Å². The second-order valence-corrected chi connectivity index (χ2v) is 4.65. The van der Waals surface area contributed by atoms with Gasteiger partial charge >= 0.3 is 5.69 Å². The Labute approximate surface area is 103 Å². The summed E-state index contributed by atoms with van der Waals surface area (Å²) < 4.78 is 3.62. The second-order valence-electron chi connectivity index (χ2n) is 3.71. The van der Waals surface area contributed by atoms with Gasteiger partial charge in [-0.15, -0.1) is 5.10 Å². The van der Waals surface area contributed by atoms with Gasteiger partial charge in [-0.2, -0.15) is 0 Å². The number of nitrogens with zero attached hydrogens (tertiary/aromatic N) is 4. The predicted molar refractivity (Wildman–Crippen MR) is 65.9 cm³/mol. The van der Waals surface area contributed by atoms with Crippen LogP contribution in [0, 0.1) is 0 Å². The number of rotatable bonds is 5. The first kappa shape index (κ1) is 12.0. The molecule has 0 saturated heterocycles. The maximum absolute atomic E-state index is 11.5. The fraction of sp³-hybridized carbons (Fsp3) is 0.500. The van der Waals surface area contributed by atoms with Gasteiger partial charge in [0.2, 0.25) is 0 Å². The highest BCUT2D eigenvalue weighted by Crippen LogP contribution is 2.18. The summed E-state index contributed by atoms with van der Waals surface area (Å²) in [5.74, 6) is 1.67.